The van der Waals surface area contributed by atoms with Crippen LogP contribution in [0.1, 0.15) is 5.56 Å². The Bertz CT molecular complexity index is 317. The van der Waals surface area contributed by atoms with Crippen LogP contribution in [0, 0.1) is 6.92 Å². The number of rotatable bonds is 2. The molecule has 1 aromatic heterocycles. The van der Waals surface area contributed by atoms with Crippen LogP contribution in [0.3, 0.4) is 0 Å². The molecule has 0 saturated carbocycles. The lowest BCUT2D eigenvalue weighted by molar-refractivity contribution is 0.0454. The maximum atomic E-state index is 5.86. The summed E-state index contributed by atoms with van der Waals surface area (Å²) in [5, 5.41) is 2.04. The Morgan fingerprint density at radius 2 is 2.31 bits per heavy atom. The molecule has 0 unspecified atom stereocenters. The average molecular weight is 217 g/mol. The highest BCUT2D eigenvalue weighted by Crippen LogP contribution is 2.30. The fraction of sp³-hybridized carbons (Fsp3) is 0.500. The molecule has 0 radical (unpaired) electrons. The van der Waals surface area contributed by atoms with Crippen LogP contribution in [-0.4, -0.2) is 28.4 Å². The van der Waals surface area contributed by atoms with E-state index >= 15 is 0 Å². The van der Waals surface area contributed by atoms with E-state index in [0.717, 1.165) is 23.8 Å². The molecule has 1 aliphatic heterocycles. The van der Waals surface area contributed by atoms with Crippen molar-refractivity contribution >= 4 is 23.4 Å². The van der Waals surface area contributed by atoms with Gasteiger partial charge >= 0.3 is 0 Å². The molecule has 0 bridgehead atoms. The standard InChI is InChI=1S/C8H9ClN2OS/c1-5-7(9)10-4-11-8(5)13-6-2-12-3-6/h4,6H,2-3H2,1H3. The quantitative estimate of drug-likeness (QED) is 0.708. The molecule has 1 aromatic rings. The fourth-order valence-electron chi connectivity index (χ4n) is 0.973. The zero-order valence-electron chi connectivity index (χ0n) is 7.16. The van der Waals surface area contributed by atoms with Gasteiger partial charge in [-0.1, -0.05) is 23.4 Å². The summed E-state index contributed by atoms with van der Waals surface area (Å²) in [6, 6.07) is 0. The number of thioether (sulfide) groups is 1. The van der Waals surface area contributed by atoms with Gasteiger partial charge in [0.05, 0.1) is 18.5 Å². The van der Waals surface area contributed by atoms with Crippen molar-refractivity contribution in [2.75, 3.05) is 13.2 Å². The predicted octanol–water partition coefficient (Wildman–Crippen LogP) is 1.93. The van der Waals surface area contributed by atoms with E-state index in [2.05, 4.69) is 9.97 Å². The third-order valence-electron chi connectivity index (χ3n) is 1.86. The number of halogens is 1. The number of nitrogens with zero attached hydrogens (tertiary/aromatic N) is 2. The smallest absolute Gasteiger partial charge is 0.136 e. The molecule has 3 nitrogen and oxygen atoms in total. The molecule has 0 aliphatic carbocycles. The number of hydrogen-bond acceptors (Lipinski definition) is 4. The lowest BCUT2D eigenvalue weighted by atomic mass is 10.4. The largest absolute Gasteiger partial charge is 0.379 e. The van der Waals surface area contributed by atoms with Crippen molar-refractivity contribution in [3.05, 3.63) is 17.0 Å². The van der Waals surface area contributed by atoms with Gasteiger partial charge in [-0.15, -0.1) is 0 Å². The van der Waals surface area contributed by atoms with Gasteiger partial charge in [-0.25, -0.2) is 9.97 Å². The summed E-state index contributed by atoms with van der Waals surface area (Å²) in [7, 11) is 0. The Morgan fingerprint density at radius 3 is 2.92 bits per heavy atom. The second-order valence-corrected chi connectivity index (χ2v) is 4.52. The Balaban J connectivity index is 2.14. The van der Waals surface area contributed by atoms with Gasteiger partial charge in [0, 0.05) is 5.56 Å². The summed E-state index contributed by atoms with van der Waals surface area (Å²) in [6.07, 6.45) is 1.50. The molecular formula is C8H9ClN2OS. The average Bonchev–Trinajstić information content (AvgIpc) is 2.04. The molecule has 5 heteroatoms. The molecule has 2 rings (SSSR count). The first-order valence-corrected chi connectivity index (χ1v) is 5.24. The van der Waals surface area contributed by atoms with Crippen LogP contribution in [0.25, 0.3) is 0 Å². The van der Waals surface area contributed by atoms with Crippen molar-refractivity contribution in [3.63, 3.8) is 0 Å². The van der Waals surface area contributed by atoms with Gasteiger partial charge in [0.25, 0.3) is 0 Å². The van der Waals surface area contributed by atoms with E-state index in [1.807, 2.05) is 6.92 Å². The molecule has 1 saturated heterocycles. The van der Waals surface area contributed by atoms with Gasteiger partial charge < -0.3 is 4.74 Å². The summed E-state index contributed by atoms with van der Waals surface area (Å²) in [4.78, 5) is 8.07. The van der Waals surface area contributed by atoms with E-state index in [0.29, 0.717) is 10.4 Å². The molecule has 1 aliphatic rings. The van der Waals surface area contributed by atoms with E-state index in [1.54, 1.807) is 11.8 Å². The summed E-state index contributed by atoms with van der Waals surface area (Å²) in [6.45, 7) is 3.56. The molecule has 0 atom stereocenters. The first-order valence-electron chi connectivity index (χ1n) is 3.99. The van der Waals surface area contributed by atoms with Crippen LogP contribution in [0.4, 0.5) is 0 Å². The SMILES string of the molecule is Cc1c(Cl)ncnc1SC1COC1. The highest BCUT2D eigenvalue weighted by molar-refractivity contribution is 8.00. The van der Waals surface area contributed by atoms with Crippen molar-refractivity contribution in [2.24, 2.45) is 0 Å². The van der Waals surface area contributed by atoms with Gasteiger partial charge in [-0.05, 0) is 6.92 Å². The Kier molecular flexibility index (Phi) is 2.71. The van der Waals surface area contributed by atoms with E-state index in [1.165, 1.54) is 6.33 Å². The van der Waals surface area contributed by atoms with Gasteiger partial charge in [-0.3, -0.25) is 0 Å². The van der Waals surface area contributed by atoms with Crippen molar-refractivity contribution in [1.82, 2.24) is 9.97 Å². The second-order valence-electron chi connectivity index (χ2n) is 2.87. The highest BCUT2D eigenvalue weighted by atomic mass is 35.5. The Labute approximate surface area is 85.9 Å². The number of aromatic nitrogens is 2. The van der Waals surface area contributed by atoms with Crippen LogP contribution < -0.4 is 0 Å². The van der Waals surface area contributed by atoms with Crippen LogP contribution >= 0.6 is 23.4 Å². The molecule has 0 spiro atoms. The molecule has 2 heterocycles. The minimum Gasteiger partial charge on any atom is -0.379 e. The minimum atomic E-state index is 0.532. The van der Waals surface area contributed by atoms with E-state index < -0.39 is 0 Å². The highest BCUT2D eigenvalue weighted by Gasteiger charge is 2.21. The summed E-state index contributed by atoms with van der Waals surface area (Å²) >= 11 is 7.57. The third-order valence-corrected chi connectivity index (χ3v) is 3.48. The van der Waals surface area contributed by atoms with Crippen molar-refractivity contribution in [1.29, 1.82) is 0 Å². The van der Waals surface area contributed by atoms with Crippen LogP contribution in [0.2, 0.25) is 5.15 Å². The van der Waals surface area contributed by atoms with Crippen molar-refractivity contribution in [2.45, 2.75) is 17.2 Å². The molecule has 0 amide bonds. The normalized spacial score (nSPS) is 17.1. The maximum absolute atomic E-state index is 5.86. The van der Waals surface area contributed by atoms with Crippen LogP contribution in [0.15, 0.2) is 11.4 Å². The van der Waals surface area contributed by atoms with E-state index in [9.17, 15) is 0 Å². The topological polar surface area (TPSA) is 35.0 Å². The Hall–Kier alpha value is -0.320. The molecule has 1 fully saturated rings. The third kappa shape index (κ3) is 1.95. The molecule has 13 heavy (non-hydrogen) atoms. The van der Waals surface area contributed by atoms with Gasteiger partial charge in [-0.2, -0.15) is 0 Å². The zero-order valence-corrected chi connectivity index (χ0v) is 8.73. The van der Waals surface area contributed by atoms with Gasteiger partial charge in [0.1, 0.15) is 16.5 Å². The summed E-state index contributed by atoms with van der Waals surface area (Å²) < 4.78 is 5.08. The van der Waals surface area contributed by atoms with E-state index in [-0.39, 0.29) is 0 Å². The lowest BCUT2D eigenvalue weighted by Crippen LogP contribution is -2.30. The minimum absolute atomic E-state index is 0.532. The molecule has 70 valence electrons. The number of hydrogen-bond donors (Lipinski definition) is 0. The Morgan fingerprint density at radius 1 is 1.54 bits per heavy atom. The van der Waals surface area contributed by atoms with Crippen LogP contribution in [-0.2, 0) is 4.74 Å². The lowest BCUT2D eigenvalue weighted by Gasteiger charge is -2.25. The maximum Gasteiger partial charge on any atom is 0.136 e. The first-order chi connectivity index (χ1) is 6.27. The van der Waals surface area contributed by atoms with Crippen molar-refractivity contribution in [3.8, 4) is 0 Å². The first kappa shape index (κ1) is 9.24. The van der Waals surface area contributed by atoms with Gasteiger partial charge in [0.2, 0.25) is 0 Å². The molecular weight excluding hydrogens is 208 g/mol. The molecule has 0 aromatic carbocycles. The fourth-order valence-corrected chi connectivity index (χ4v) is 2.19. The zero-order chi connectivity index (χ0) is 9.26. The summed E-state index contributed by atoms with van der Waals surface area (Å²) in [5.74, 6) is 0. The monoisotopic (exact) mass is 216 g/mol. The van der Waals surface area contributed by atoms with Crippen LogP contribution in [0.5, 0.6) is 0 Å². The second kappa shape index (κ2) is 3.82. The summed E-state index contributed by atoms with van der Waals surface area (Å²) in [5.41, 5.74) is 0.959. The molecule has 0 N–H and O–H groups in total. The van der Waals surface area contributed by atoms with Crippen molar-refractivity contribution < 1.29 is 4.74 Å². The van der Waals surface area contributed by atoms with Gasteiger partial charge in [0.15, 0.2) is 0 Å². The number of ether oxygens (including phenoxy) is 1. The predicted molar refractivity (Wildman–Crippen MR) is 52.2 cm³/mol. The van der Waals surface area contributed by atoms with E-state index in [4.69, 9.17) is 16.3 Å².